The van der Waals surface area contributed by atoms with E-state index in [9.17, 15) is 31.1 Å². The fraction of sp³-hybridized carbons (Fsp3) is 0.462. The van der Waals surface area contributed by atoms with Gasteiger partial charge in [0.25, 0.3) is 5.60 Å². The highest BCUT2D eigenvalue weighted by Crippen LogP contribution is 2.50. The highest BCUT2D eigenvalue weighted by atomic mass is 35.5. The summed E-state index contributed by atoms with van der Waals surface area (Å²) >= 11 is 4.82. The molecule has 1 rings (SSSR count). The monoisotopic (exact) mass is 366 g/mol. The smallest absolute Gasteiger partial charge is 0.430 e. The zero-order valence-corrected chi connectivity index (χ0v) is 12.7. The molecule has 0 amide bonds. The van der Waals surface area contributed by atoms with Crippen molar-refractivity contribution >= 4 is 16.8 Å². The largest absolute Gasteiger partial charge is 0.497 e. The highest BCUT2D eigenvalue weighted by molar-refractivity contribution is 6.63. The molecule has 0 aromatic heterocycles. The molecule has 3 nitrogen and oxygen atoms in total. The van der Waals surface area contributed by atoms with Crippen LogP contribution >= 0.6 is 11.6 Å². The Bertz CT molecular complexity index is 513. The van der Waals surface area contributed by atoms with Gasteiger partial charge in [-0.2, -0.15) is 26.3 Å². The maximum Gasteiger partial charge on any atom is 0.430 e. The summed E-state index contributed by atoms with van der Waals surface area (Å²) in [6.07, 6.45) is -11.4. The first-order valence-corrected chi connectivity index (χ1v) is 6.37. The van der Waals surface area contributed by atoms with Crippen LogP contribution in [0, 0.1) is 0 Å². The standard InChI is InChI=1S/C10H8F6O2.C3H5ClO/c1-18-7-4-2-3-6(5-7)8(17,9(11,12)13)10(14,15)16;1-2-3(4)5/h2-5,17H,1H3;2H2,1H3. The van der Waals surface area contributed by atoms with Crippen molar-refractivity contribution in [2.75, 3.05) is 7.11 Å². The van der Waals surface area contributed by atoms with E-state index in [1.807, 2.05) is 0 Å². The molecule has 23 heavy (non-hydrogen) atoms. The molecule has 0 fully saturated rings. The second-order valence-corrected chi connectivity index (χ2v) is 4.57. The SMILES string of the molecule is CCC(=O)Cl.COc1cccc(C(O)(C(F)(F)F)C(F)(F)F)c1. The normalized spacial score (nSPS) is 12.3. The molecule has 0 heterocycles. The third kappa shape index (κ3) is 5.28. The molecular weight excluding hydrogens is 354 g/mol. The van der Waals surface area contributed by atoms with Gasteiger partial charge in [0.1, 0.15) is 5.75 Å². The Kier molecular flexibility index (Phi) is 7.36. The third-order valence-corrected chi connectivity index (χ3v) is 2.85. The van der Waals surface area contributed by atoms with Crippen LogP contribution in [0.5, 0.6) is 5.75 Å². The van der Waals surface area contributed by atoms with Gasteiger partial charge in [0.2, 0.25) is 5.24 Å². The number of carbonyl (C=O) groups is 1. The lowest BCUT2D eigenvalue weighted by molar-refractivity contribution is -0.376. The molecule has 0 spiro atoms. The first kappa shape index (κ1) is 21.5. The van der Waals surface area contributed by atoms with Crippen LogP contribution in [0.4, 0.5) is 26.3 Å². The quantitative estimate of drug-likeness (QED) is 0.645. The van der Waals surface area contributed by atoms with Crippen molar-refractivity contribution < 1.29 is 41.0 Å². The molecule has 10 heteroatoms. The molecular formula is C13H13ClF6O3. The van der Waals surface area contributed by atoms with E-state index in [1.54, 1.807) is 6.92 Å². The second kappa shape index (κ2) is 7.87. The van der Waals surface area contributed by atoms with Gasteiger partial charge in [-0.1, -0.05) is 19.1 Å². The van der Waals surface area contributed by atoms with Crippen LogP contribution in [0.1, 0.15) is 18.9 Å². The summed E-state index contributed by atoms with van der Waals surface area (Å²) in [6, 6.07) is 3.11. The molecule has 0 aliphatic rings. The summed E-state index contributed by atoms with van der Waals surface area (Å²) in [4.78, 5) is 9.58. The van der Waals surface area contributed by atoms with Gasteiger partial charge in [0, 0.05) is 12.0 Å². The van der Waals surface area contributed by atoms with Gasteiger partial charge in [-0.05, 0) is 23.7 Å². The molecule has 0 aliphatic heterocycles. The van der Waals surface area contributed by atoms with E-state index in [1.165, 1.54) is 0 Å². The molecule has 0 aliphatic carbocycles. The fourth-order valence-corrected chi connectivity index (χ4v) is 1.34. The number of rotatable bonds is 3. The molecule has 1 N–H and O–H groups in total. The van der Waals surface area contributed by atoms with Crippen molar-refractivity contribution in [1.82, 2.24) is 0 Å². The van der Waals surface area contributed by atoms with Gasteiger partial charge in [-0.25, -0.2) is 0 Å². The average Bonchev–Trinajstić information content (AvgIpc) is 2.44. The lowest BCUT2D eigenvalue weighted by atomic mass is 9.92. The Balaban J connectivity index is 0.000000841. The van der Waals surface area contributed by atoms with Gasteiger partial charge < -0.3 is 9.84 Å². The van der Waals surface area contributed by atoms with Crippen molar-refractivity contribution in [2.45, 2.75) is 31.3 Å². The van der Waals surface area contributed by atoms with Gasteiger partial charge in [0.05, 0.1) is 7.11 Å². The van der Waals surface area contributed by atoms with Gasteiger partial charge in [-0.3, -0.25) is 4.79 Å². The summed E-state index contributed by atoms with van der Waals surface area (Å²) in [5.41, 5.74) is -6.27. The minimum absolute atomic E-state index is 0.223. The van der Waals surface area contributed by atoms with Gasteiger partial charge in [-0.15, -0.1) is 0 Å². The molecule has 0 atom stereocenters. The Labute approximate surface area is 132 Å². The average molecular weight is 367 g/mol. The van der Waals surface area contributed by atoms with Crippen LogP contribution in [0.15, 0.2) is 24.3 Å². The van der Waals surface area contributed by atoms with E-state index in [-0.39, 0.29) is 11.0 Å². The number of hydrogen-bond acceptors (Lipinski definition) is 3. The van der Waals surface area contributed by atoms with Crippen molar-refractivity contribution in [3.8, 4) is 5.75 Å². The molecule has 132 valence electrons. The molecule has 1 aromatic rings. The topological polar surface area (TPSA) is 46.5 Å². The van der Waals surface area contributed by atoms with Crippen molar-refractivity contribution in [3.63, 3.8) is 0 Å². The molecule has 0 bridgehead atoms. The van der Waals surface area contributed by atoms with Crippen LogP contribution in [-0.4, -0.2) is 29.8 Å². The first-order chi connectivity index (χ1) is 10.3. The number of carbonyl (C=O) groups excluding carboxylic acids is 1. The lowest BCUT2D eigenvalue weighted by Gasteiger charge is -2.32. The number of ether oxygens (including phenoxy) is 1. The Morgan fingerprint density at radius 1 is 1.17 bits per heavy atom. The van der Waals surface area contributed by atoms with E-state index in [4.69, 9.17) is 16.7 Å². The van der Waals surface area contributed by atoms with Crippen LogP contribution in [-0.2, 0) is 10.4 Å². The summed E-state index contributed by atoms with van der Waals surface area (Å²) in [5, 5.41) is 8.80. The summed E-state index contributed by atoms with van der Waals surface area (Å²) < 4.78 is 79.6. The molecule has 0 unspecified atom stereocenters. The summed E-state index contributed by atoms with van der Waals surface area (Å²) in [6.45, 7) is 1.72. The predicted octanol–water partition coefficient (Wildman–Crippen LogP) is 4.17. The molecule has 1 aromatic carbocycles. The van der Waals surface area contributed by atoms with E-state index in [2.05, 4.69) is 4.74 Å². The van der Waals surface area contributed by atoms with Crippen LogP contribution in [0.25, 0.3) is 0 Å². The highest BCUT2D eigenvalue weighted by Gasteiger charge is 2.71. The van der Waals surface area contributed by atoms with Crippen LogP contribution in [0.3, 0.4) is 0 Å². The van der Waals surface area contributed by atoms with Crippen LogP contribution < -0.4 is 4.74 Å². The van der Waals surface area contributed by atoms with Crippen molar-refractivity contribution in [3.05, 3.63) is 29.8 Å². The Morgan fingerprint density at radius 2 is 1.61 bits per heavy atom. The number of methoxy groups -OCH3 is 1. The van der Waals surface area contributed by atoms with Gasteiger partial charge >= 0.3 is 12.4 Å². The zero-order chi connectivity index (χ0) is 18.5. The number of benzene rings is 1. The van der Waals surface area contributed by atoms with E-state index < -0.39 is 23.5 Å². The first-order valence-electron chi connectivity index (χ1n) is 6.00. The minimum atomic E-state index is -5.89. The third-order valence-electron chi connectivity index (χ3n) is 2.59. The summed E-state index contributed by atoms with van der Waals surface area (Å²) in [7, 11) is 1.08. The van der Waals surface area contributed by atoms with Crippen molar-refractivity contribution in [2.24, 2.45) is 0 Å². The molecule has 0 saturated heterocycles. The number of hydrogen-bond donors (Lipinski definition) is 1. The second-order valence-electron chi connectivity index (χ2n) is 4.15. The number of halogens is 7. The van der Waals surface area contributed by atoms with Crippen LogP contribution in [0.2, 0.25) is 0 Å². The number of aliphatic hydroxyl groups is 1. The van der Waals surface area contributed by atoms with Gasteiger partial charge in [0.15, 0.2) is 0 Å². The minimum Gasteiger partial charge on any atom is -0.497 e. The van der Waals surface area contributed by atoms with E-state index in [0.29, 0.717) is 18.6 Å². The van der Waals surface area contributed by atoms with E-state index >= 15 is 0 Å². The maximum absolute atomic E-state index is 12.5. The summed E-state index contributed by atoms with van der Waals surface area (Å²) in [5.74, 6) is -0.223. The lowest BCUT2D eigenvalue weighted by Crippen LogP contribution is -2.53. The predicted molar refractivity (Wildman–Crippen MR) is 70.2 cm³/mol. The fourth-order valence-electron chi connectivity index (χ4n) is 1.34. The Hall–Kier alpha value is -1.48. The molecule has 0 saturated carbocycles. The van der Waals surface area contributed by atoms with Crippen molar-refractivity contribution in [1.29, 1.82) is 0 Å². The zero-order valence-electron chi connectivity index (χ0n) is 11.9. The molecule has 0 radical (unpaired) electrons. The Morgan fingerprint density at radius 3 is 1.91 bits per heavy atom. The maximum atomic E-state index is 12.5. The van der Waals surface area contributed by atoms with E-state index in [0.717, 1.165) is 19.2 Å². The number of alkyl halides is 6.